The largest absolute Gasteiger partial charge is 0.497 e. The Bertz CT molecular complexity index is 1260. The van der Waals surface area contributed by atoms with E-state index in [1.165, 1.54) is 10.7 Å². The summed E-state index contributed by atoms with van der Waals surface area (Å²) in [7, 11) is 1.60. The van der Waals surface area contributed by atoms with E-state index in [0.29, 0.717) is 12.2 Å². The normalized spacial score (nSPS) is 10.7. The summed E-state index contributed by atoms with van der Waals surface area (Å²) < 4.78 is 6.37. The molecule has 1 amide bonds. The number of carbonyl (C=O) groups is 1. The van der Waals surface area contributed by atoms with Crippen LogP contribution in [0.5, 0.6) is 5.75 Å². The molecule has 0 radical (unpaired) electrons. The van der Waals surface area contributed by atoms with Crippen molar-refractivity contribution >= 4 is 16.7 Å². The number of nitrogens with one attached hydrogen (secondary N) is 1. The summed E-state index contributed by atoms with van der Waals surface area (Å²) in [6.07, 6.45) is 0. The van der Waals surface area contributed by atoms with E-state index in [-0.39, 0.29) is 18.0 Å². The predicted molar refractivity (Wildman–Crippen MR) is 116 cm³/mol. The zero-order valence-electron chi connectivity index (χ0n) is 16.5. The van der Waals surface area contributed by atoms with Gasteiger partial charge >= 0.3 is 0 Å². The molecule has 0 aliphatic rings. The zero-order valence-corrected chi connectivity index (χ0v) is 16.5. The summed E-state index contributed by atoms with van der Waals surface area (Å²) in [4.78, 5) is 24.6. The van der Waals surface area contributed by atoms with Crippen molar-refractivity contribution in [2.75, 3.05) is 7.11 Å². The Morgan fingerprint density at radius 3 is 2.63 bits per heavy atom. The number of aromatic nitrogens is 2. The Morgan fingerprint density at radius 2 is 1.80 bits per heavy atom. The van der Waals surface area contributed by atoms with Crippen molar-refractivity contribution in [2.24, 2.45) is 0 Å². The quantitative estimate of drug-likeness (QED) is 0.539. The van der Waals surface area contributed by atoms with Crippen LogP contribution in [0.3, 0.4) is 0 Å². The second-order valence-electron chi connectivity index (χ2n) is 6.90. The van der Waals surface area contributed by atoms with Crippen LogP contribution in [-0.4, -0.2) is 22.8 Å². The SMILES string of the molecule is COc1cccc(CNC(=O)Cn2nc(-c3ccc4ccccc4c3)ccc2=O)c1. The van der Waals surface area contributed by atoms with E-state index in [0.717, 1.165) is 27.6 Å². The molecule has 0 unspecified atom stereocenters. The van der Waals surface area contributed by atoms with Crippen molar-refractivity contribution in [2.45, 2.75) is 13.1 Å². The Hall–Kier alpha value is -3.93. The van der Waals surface area contributed by atoms with Crippen LogP contribution < -0.4 is 15.6 Å². The van der Waals surface area contributed by atoms with Gasteiger partial charge in [-0.05, 0) is 40.6 Å². The molecule has 1 aromatic heterocycles. The molecule has 0 spiro atoms. The van der Waals surface area contributed by atoms with Crippen molar-refractivity contribution in [3.05, 3.63) is 94.8 Å². The fourth-order valence-corrected chi connectivity index (χ4v) is 3.24. The van der Waals surface area contributed by atoms with E-state index >= 15 is 0 Å². The Morgan fingerprint density at radius 1 is 0.967 bits per heavy atom. The van der Waals surface area contributed by atoms with Gasteiger partial charge in [-0.2, -0.15) is 5.10 Å². The summed E-state index contributed by atoms with van der Waals surface area (Å²) in [6.45, 7) is 0.194. The standard InChI is InChI=1S/C24H21N3O3/c1-30-21-8-4-5-17(13-21)15-25-23(28)16-27-24(29)12-11-22(26-27)20-10-9-18-6-2-3-7-19(18)14-20/h2-14H,15-16H2,1H3,(H,25,28). The van der Waals surface area contributed by atoms with E-state index in [1.807, 2.05) is 66.7 Å². The number of benzene rings is 3. The van der Waals surface area contributed by atoms with E-state index in [2.05, 4.69) is 10.4 Å². The third-order valence-electron chi connectivity index (χ3n) is 4.83. The van der Waals surface area contributed by atoms with Gasteiger partial charge in [0, 0.05) is 18.2 Å². The maximum Gasteiger partial charge on any atom is 0.267 e. The molecule has 0 saturated heterocycles. The average molecular weight is 399 g/mol. The van der Waals surface area contributed by atoms with E-state index in [1.54, 1.807) is 13.2 Å². The maximum atomic E-state index is 12.4. The molecule has 0 aliphatic carbocycles. The summed E-state index contributed by atoms with van der Waals surface area (Å²) in [5.41, 5.74) is 2.11. The minimum absolute atomic E-state index is 0.149. The summed E-state index contributed by atoms with van der Waals surface area (Å²) in [6, 6.07) is 24.6. The molecule has 0 aliphatic heterocycles. The topological polar surface area (TPSA) is 73.2 Å². The molecule has 3 aromatic carbocycles. The van der Waals surface area contributed by atoms with Gasteiger partial charge in [-0.1, -0.05) is 48.5 Å². The van der Waals surface area contributed by atoms with Gasteiger partial charge in [0.25, 0.3) is 5.56 Å². The highest BCUT2D eigenvalue weighted by atomic mass is 16.5. The molecule has 1 heterocycles. The number of ether oxygens (including phenoxy) is 1. The monoisotopic (exact) mass is 399 g/mol. The Labute approximate surface area is 173 Å². The first kappa shape index (κ1) is 19.4. The lowest BCUT2D eigenvalue weighted by molar-refractivity contribution is -0.122. The highest BCUT2D eigenvalue weighted by molar-refractivity contribution is 5.86. The molecule has 30 heavy (non-hydrogen) atoms. The highest BCUT2D eigenvalue weighted by Crippen LogP contribution is 2.22. The lowest BCUT2D eigenvalue weighted by Gasteiger charge is -2.09. The van der Waals surface area contributed by atoms with Crippen LogP contribution in [0.25, 0.3) is 22.0 Å². The van der Waals surface area contributed by atoms with Gasteiger partial charge in [0.1, 0.15) is 12.3 Å². The van der Waals surface area contributed by atoms with Crippen molar-refractivity contribution < 1.29 is 9.53 Å². The molecular weight excluding hydrogens is 378 g/mol. The molecule has 0 bridgehead atoms. The summed E-state index contributed by atoms with van der Waals surface area (Å²) in [5, 5.41) is 9.43. The molecule has 1 N–H and O–H groups in total. The third-order valence-corrected chi connectivity index (χ3v) is 4.83. The van der Waals surface area contributed by atoms with E-state index in [9.17, 15) is 9.59 Å². The number of hydrogen-bond acceptors (Lipinski definition) is 4. The summed E-state index contributed by atoms with van der Waals surface area (Å²) in [5.74, 6) is 0.436. The van der Waals surface area contributed by atoms with Crippen molar-refractivity contribution in [1.29, 1.82) is 0 Å². The van der Waals surface area contributed by atoms with Crippen LogP contribution in [0.4, 0.5) is 0 Å². The zero-order chi connectivity index (χ0) is 20.9. The molecule has 4 aromatic rings. The number of fused-ring (bicyclic) bond motifs is 1. The van der Waals surface area contributed by atoms with Gasteiger partial charge < -0.3 is 10.1 Å². The molecule has 6 heteroatoms. The van der Waals surface area contributed by atoms with Gasteiger partial charge in [-0.25, -0.2) is 4.68 Å². The van der Waals surface area contributed by atoms with Crippen LogP contribution >= 0.6 is 0 Å². The number of hydrogen-bond donors (Lipinski definition) is 1. The molecule has 0 saturated carbocycles. The predicted octanol–water partition coefficient (Wildman–Crippen LogP) is 3.39. The van der Waals surface area contributed by atoms with Gasteiger partial charge in [0.2, 0.25) is 5.91 Å². The number of methoxy groups -OCH3 is 1. The molecule has 0 fully saturated rings. The fourth-order valence-electron chi connectivity index (χ4n) is 3.24. The second kappa shape index (κ2) is 8.61. The third kappa shape index (κ3) is 4.38. The van der Waals surface area contributed by atoms with Crippen LogP contribution in [-0.2, 0) is 17.9 Å². The first-order valence-electron chi connectivity index (χ1n) is 9.59. The number of amides is 1. The van der Waals surface area contributed by atoms with Crippen LogP contribution in [0.1, 0.15) is 5.56 Å². The van der Waals surface area contributed by atoms with E-state index in [4.69, 9.17) is 4.74 Å². The Balaban J connectivity index is 1.49. The molecule has 150 valence electrons. The first-order valence-corrected chi connectivity index (χ1v) is 9.59. The van der Waals surface area contributed by atoms with Gasteiger partial charge in [0.15, 0.2) is 0 Å². The molecule has 6 nitrogen and oxygen atoms in total. The smallest absolute Gasteiger partial charge is 0.267 e. The second-order valence-corrected chi connectivity index (χ2v) is 6.90. The lowest BCUT2D eigenvalue weighted by Crippen LogP contribution is -2.33. The van der Waals surface area contributed by atoms with Crippen LogP contribution in [0, 0.1) is 0 Å². The number of nitrogens with zero attached hydrogens (tertiary/aromatic N) is 2. The molecule has 0 atom stereocenters. The fraction of sp³-hybridized carbons (Fsp3) is 0.125. The number of carbonyl (C=O) groups excluding carboxylic acids is 1. The summed E-state index contributed by atoms with van der Waals surface area (Å²) >= 11 is 0. The van der Waals surface area contributed by atoms with Crippen molar-refractivity contribution in [1.82, 2.24) is 15.1 Å². The highest BCUT2D eigenvalue weighted by Gasteiger charge is 2.09. The van der Waals surface area contributed by atoms with E-state index < -0.39 is 0 Å². The van der Waals surface area contributed by atoms with Gasteiger partial charge in [0.05, 0.1) is 12.8 Å². The maximum absolute atomic E-state index is 12.4. The van der Waals surface area contributed by atoms with Gasteiger partial charge in [-0.15, -0.1) is 0 Å². The average Bonchev–Trinajstić information content (AvgIpc) is 2.79. The molecular formula is C24H21N3O3. The van der Waals surface area contributed by atoms with Crippen molar-refractivity contribution in [3.63, 3.8) is 0 Å². The van der Waals surface area contributed by atoms with Crippen LogP contribution in [0.2, 0.25) is 0 Å². The lowest BCUT2D eigenvalue weighted by atomic mass is 10.1. The Kier molecular flexibility index (Phi) is 5.57. The minimum atomic E-state index is -0.323. The van der Waals surface area contributed by atoms with Crippen LogP contribution in [0.15, 0.2) is 83.7 Å². The first-order chi connectivity index (χ1) is 14.6. The number of rotatable bonds is 6. The van der Waals surface area contributed by atoms with Crippen molar-refractivity contribution in [3.8, 4) is 17.0 Å². The van der Waals surface area contributed by atoms with Gasteiger partial charge in [-0.3, -0.25) is 9.59 Å². The minimum Gasteiger partial charge on any atom is -0.497 e. The molecule has 4 rings (SSSR count).